The monoisotopic (exact) mass is 815 g/mol. The normalized spacial score (nSPS) is 28.2. The molecule has 1 aromatic carbocycles. The van der Waals surface area contributed by atoms with Gasteiger partial charge in [-0.2, -0.15) is 13.2 Å². The molecule has 1 spiro atoms. The van der Waals surface area contributed by atoms with E-state index in [4.69, 9.17) is 18.9 Å². The van der Waals surface area contributed by atoms with Crippen LogP contribution in [0.5, 0.6) is 11.5 Å². The van der Waals surface area contributed by atoms with Gasteiger partial charge < -0.3 is 34.5 Å². The number of ether oxygens (including phenoxy) is 4. The van der Waals surface area contributed by atoms with Crippen LogP contribution in [0.25, 0.3) is 10.9 Å². The maximum Gasteiger partial charge on any atom is 0.437 e. The standard InChI is InChI=1S/C42H56F3N5O8/c1-26(2)24-57-33(51)20-27-12-10-8-6-7-9-11-15-40(3,39(54)46-4)48-37(52)32-23-41(25-50(32)38(27)53)22-31(49-16-18-56-19-17-49)34-29-21-28(55-5)13-14-30(29)47-36(35(34)58-41)42(43,44)45/h9,11,13-14,21,26-27,31-32H,6-8,10,12,15-20,22-25H2,1-5H3,(H,46,54)(H,48,52)/b11-9-/t27-,31?,32?,40?,41-/m1/s1. The first kappa shape index (κ1) is 43.1. The van der Waals surface area contributed by atoms with Crippen molar-refractivity contribution >= 4 is 34.6 Å². The van der Waals surface area contributed by atoms with Crippen LogP contribution in [0.15, 0.2) is 30.4 Å². The van der Waals surface area contributed by atoms with Crippen LogP contribution in [0.1, 0.15) is 95.9 Å². The Hall–Kier alpha value is -4.44. The number of pyridine rings is 1. The number of aromatic nitrogens is 1. The molecule has 58 heavy (non-hydrogen) atoms. The van der Waals surface area contributed by atoms with Crippen molar-refractivity contribution in [2.45, 2.75) is 108 Å². The van der Waals surface area contributed by atoms with Crippen LogP contribution in [0, 0.1) is 11.8 Å². The molecule has 6 rings (SSSR count). The van der Waals surface area contributed by atoms with Gasteiger partial charge >= 0.3 is 12.1 Å². The first-order valence-corrected chi connectivity index (χ1v) is 20.3. The van der Waals surface area contributed by atoms with E-state index in [-0.39, 0.29) is 50.3 Å². The lowest BCUT2D eigenvalue weighted by molar-refractivity contribution is -0.151. The summed E-state index contributed by atoms with van der Waals surface area (Å²) in [6.07, 6.45) is 2.01. The summed E-state index contributed by atoms with van der Waals surface area (Å²) < 4.78 is 68.7. The minimum atomic E-state index is -4.92. The van der Waals surface area contributed by atoms with Crippen LogP contribution in [0.4, 0.5) is 13.2 Å². The van der Waals surface area contributed by atoms with E-state index in [9.17, 15) is 19.2 Å². The number of esters is 1. The summed E-state index contributed by atoms with van der Waals surface area (Å²) in [6, 6.07) is 2.79. The van der Waals surface area contributed by atoms with E-state index in [1.54, 1.807) is 19.1 Å². The Labute approximate surface area is 337 Å². The number of allylic oxidation sites excluding steroid dienone is 1. The predicted octanol–water partition coefficient (Wildman–Crippen LogP) is 5.49. The average Bonchev–Trinajstić information content (AvgIpc) is 3.56. The summed E-state index contributed by atoms with van der Waals surface area (Å²) in [5.41, 5.74) is -3.71. The fraction of sp³-hybridized carbons (Fsp3) is 0.643. The van der Waals surface area contributed by atoms with Crippen molar-refractivity contribution in [1.82, 2.24) is 25.4 Å². The van der Waals surface area contributed by atoms with Crippen LogP contribution in [-0.4, -0.2) is 109 Å². The molecular weight excluding hydrogens is 759 g/mol. The molecule has 3 unspecified atom stereocenters. The molecule has 0 bridgehead atoms. The van der Waals surface area contributed by atoms with Crippen molar-refractivity contribution in [3.8, 4) is 11.5 Å². The van der Waals surface area contributed by atoms with Crippen molar-refractivity contribution in [3.63, 3.8) is 0 Å². The van der Waals surface area contributed by atoms with Crippen molar-refractivity contribution < 1.29 is 51.3 Å². The Bertz CT molecular complexity index is 1880. The topological polar surface area (TPSA) is 149 Å². The molecule has 2 saturated heterocycles. The number of methoxy groups -OCH3 is 1. The minimum Gasteiger partial charge on any atom is -0.497 e. The fourth-order valence-electron chi connectivity index (χ4n) is 8.72. The number of hydrogen-bond donors (Lipinski definition) is 2. The molecule has 3 amide bonds. The summed E-state index contributed by atoms with van der Waals surface area (Å²) >= 11 is 0. The second-order valence-electron chi connectivity index (χ2n) is 16.6. The molecule has 5 atom stereocenters. The Morgan fingerprint density at radius 1 is 1.09 bits per heavy atom. The second kappa shape index (κ2) is 17.8. The van der Waals surface area contributed by atoms with Gasteiger partial charge in [-0.05, 0) is 56.7 Å². The molecule has 2 N–H and O–H groups in total. The molecule has 1 aromatic heterocycles. The van der Waals surface area contributed by atoms with Gasteiger partial charge in [-0.25, -0.2) is 4.98 Å². The molecule has 0 radical (unpaired) electrons. The molecule has 13 nitrogen and oxygen atoms in total. The van der Waals surface area contributed by atoms with Gasteiger partial charge in [0, 0.05) is 55.9 Å². The zero-order valence-corrected chi connectivity index (χ0v) is 34.0. The minimum absolute atomic E-state index is 0.0711. The zero-order chi connectivity index (χ0) is 41.8. The van der Waals surface area contributed by atoms with Crippen LogP contribution < -0.4 is 20.1 Å². The number of carbonyl (C=O) groups excluding carboxylic acids is 4. The summed E-state index contributed by atoms with van der Waals surface area (Å²) in [5, 5.41) is 5.97. The highest BCUT2D eigenvalue weighted by Crippen LogP contribution is 2.54. The Kier molecular flexibility index (Phi) is 13.3. The van der Waals surface area contributed by atoms with Gasteiger partial charge in [-0.3, -0.25) is 24.1 Å². The van der Waals surface area contributed by atoms with Gasteiger partial charge in [0.2, 0.25) is 17.7 Å². The SMILES string of the molecule is CNC(=O)C1(C)C/C=C\CCCCC[C@H](CC(=O)OCC(C)C)C(=O)N2C[C@@]3(CC(N4CCOCC4)c4c(c(C(F)(F)F)nc5ccc(OC)cc45)O3)CC2C(=O)N1. The maximum absolute atomic E-state index is 15.1. The number of hydrogen-bond acceptors (Lipinski definition) is 10. The Balaban J connectivity index is 1.48. The van der Waals surface area contributed by atoms with E-state index in [2.05, 4.69) is 20.5 Å². The smallest absolute Gasteiger partial charge is 0.437 e. The number of carbonyl (C=O) groups is 4. The zero-order valence-electron chi connectivity index (χ0n) is 34.0. The number of nitrogens with zero attached hydrogens (tertiary/aromatic N) is 3. The summed E-state index contributed by atoms with van der Waals surface area (Å²) in [7, 11) is 2.94. The fourth-order valence-corrected chi connectivity index (χ4v) is 8.72. The third-order valence-corrected chi connectivity index (χ3v) is 11.7. The molecule has 16 heteroatoms. The van der Waals surface area contributed by atoms with E-state index >= 15 is 13.2 Å². The lowest BCUT2D eigenvalue weighted by Crippen LogP contribution is -2.60. The number of amides is 3. The van der Waals surface area contributed by atoms with Crippen LogP contribution in [0.3, 0.4) is 0 Å². The molecule has 5 heterocycles. The van der Waals surface area contributed by atoms with E-state index < -0.39 is 70.5 Å². The Morgan fingerprint density at radius 3 is 2.52 bits per heavy atom. The van der Waals surface area contributed by atoms with Gasteiger partial charge in [-0.15, -0.1) is 0 Å². The van der Waals surface area contributed by atoms with E-state index in [0.29, 0.717) is 55.8 Å². The second-order valence-corrected chi connectivity index (χ2v) is 16.6. The van der Waals surface area contributed by atoms with Gasteiger partial charge in [-0.1, -0.05) is 38.8 Å². The van der Waals surface area contributed by atoms with Crippen molar-refractivity contribution in [2.75, 3.05) is 53.6 Å². The van der Waals surface area contributed by atoms with E-state index in [1.165, 1.54) is 25.1 Å². The predicted molar refractivity (Wildman–Crippen MR) is 208 cm³/mol. The van der Waals surface area contributed by atoms with Crippen LogP contribution in [-0.2, 0) is 34.8 Å². The molecule has 0 aliphatic carbocycles. The van der Waals surface area contributed by atoms with Gasteiger partial charge in [0.25, 0.3) is 0 Å². The number of alkyl halides is 3. The number of rotatable bonds is 7. The molecule has 318 valence electrons. The van der Waals surface area contributed by atoms with Crippen molar-refractivity contribution in [3.05, 3.63) is 41.6 Å². The molecule has 2 fully saturated rings. The number of halogens is 3. The average molecular weight is 816 g/mol. The molecule has 4 aliphatic heterocycles. The highest BCUT2D eigenvalue weighted by atomic mass is 19.4. The lowest BCUT2D eigenvalue weighted by Gasteiger charge is -2.45. The molecule has 0 saturated carbocycles. The molecular formula is C42H56F3N5O8. The van der Waals surface area contributed by atoms with Gasteiger partial charge in [0.15, 0.2) is 11.4 Å². The van der Waals surface area contributed by atoms with Crippen LogP contribution >= 0.6 is 0 Å². The highest BCUT2D eigenvalue weighted by Gasteiger charge is 2.57. The third kappa shape index (κ3) is 9.38. The van der Waals surface area contributed by atoms with Crippen molar-refractivity contribution in [2.24, 2.45) is 11.8 Å². The summed E-state index contributed by atoms with van der Waals surface area (Å²) in [4.78, 5) is 63.6. The first-order valence-electron chi connectivity index (χ1n) is 20.3. The number of nitrogens with one attached hydrogen (secondary N) is 2. The molecule has 4 aliphatic rings. The Morgan fingerprint density at radius 2 is 1.83 bits per heavy atom. The quantitative estimate of drug-likeness (QED) is 0.272. The largest absolute Gasteiger partial charge is 0.497 e. The summed E-state index contributed by atoms with van der Waals surface area (Å²) in [5.74, 6) is -2.98. The van der Waals surface area contributed by atoms with Gasteiger partial charge in [0.1, 0.15) is 22.9 Å². The van der Waals surface area contributed by atoms with E-state index in [0.717, 1.165) is 19.3 Å². The summed E-state index contributed by atoms with van der Waals surface area (Å²) in [6.45, 7) is 6.88. The first-order chi connectivity index (χ1) is 27.6. The van der Waals surface area contributed by atoms with Crippen LogP contribution in [0.2, 0.25) is 0 Å². The van der Waals surface area contributed by atoms with E-state index in [1.807, 2.05) is 26.0 Å². The van der Waals surface area contributed by atoms with Gasteiger partial charge in [0.05, 0.1) is 45.4 Å². The highest BCUT2D eigenvalue weighted by molar-refractivity contribution is 5.96. The maximum atomic E-state index is 15.1. The molecule has 2 aromatic rings. The lowest BCUT2D eigenvalue weighted by atomic mass is 9.82. The third-order valence-electron chi connectivity index (χ3n) is 11.7. The number of benzene rings is 1. The number of fused-ring (bicyclic) bond motifs is 4. The number of morpholine rings is 1. The van der Waals surface area contributed by atoms with Crippen molar-refractivity contribution in [1.29, 1.82) is 0 Å². The number of likely N-dealkylation sites (N-methyl/N-ethyl adjacent to an activating group) is 1.